The molecule has 1 aliphatic rings. The lowest BCUT2D eigenvalue weighted by molar-refractivity contribution is -1.01. The minimum absolute atomic E-state index is 0.255. The summed E-state index contributed by atoms with van der Waals surface area (Å²) in [5, 5.41) is 19.2. The van der Waals surface area contributed by atoms with Gasteiger partial charge in [-0.15, -0.1) is 6.58 Å². The van der Waals surface area contributed by atoms with Crippen LogP contribution in [0.5, 0.6) is 5.75 Å². The molecule has 1 unspecified atom stereocenters. The molecule has 5 nitrogen and oxygen atoms in total. The highest BCUT2D eigenvalue weighted by molar-refractivity contribution is 5.34. The number of quaternary nitrogens is 2. The van der Waals surface area contributed by atoms with E-state index in [0.717, 1.165) is 57.0 Å². The molecule has 1 saturated heterocycles. The highest BCUT2D eigenvalue weighted by Gasteiger charge is 2.24. The first-order valence-electron chi connectivity index (χ1n) is 8.50. The van der Waals surface area contributed by atoms with E-state index in [4.69, 9.17) is 9.84 Å². The van der Waals surface area contributed by atoms with Crippen molar-refractivity contribution in [3.63, 3.8) is 0 Å². The summed E-state index contributed by atoms with van der Waals surface area (Å²) in [6, 6.07) is 7.90. The minimum Gasteiger partial charge on any atom is -0.490 e. The summed E-state index contributed by atoms with van der Waals surface area (Å²) in [4.78, 5) is 2.88. The Morgan fingerprint density at radius 3 is 2.57 bits per heavy atom. The first-order chi connectivity index (χ1) is 11.2. The molecule has 0 radical (unpaired) electrons. The van der Waals surface area contributed by atoms with Crippen molar-refractivity contribution in [2.24, 2.45) is 0 Å². The fourth-order valence-corrected chi connectivity index (χ4v) is 3.12. The fraction of sp³-hybridized carbons (Fsp3) is 0.556. The van der Waals surface area contributed by atoms with Crippen molar-refractivity contribution >= 4 is 0 Å². The van der Waals surface area contributed by atoms with E-state index in [1.54, 1.807) is 0 Å². The molecule has 5 heteroatoms. The molecule has 23 heavy (non-hydrogen) atoms. The predicted molar refractivity (Wildman–Crippen MR) is 90.1 cm³/mol. The smallest absolute Gasteiger partial charge is 0.137 e. The molecule has 0 spiro atoms. The van der Waals surface area contributed by atoms with Crippen molar-refractivity contribution in [1.82, 2.24) is 0 Å². The zero-order chi connectivity index (χ0) is 16.5. The van der Waals surface area contributed by atoms with Crippen LogP contribution in [0.2, 0.25) is 0 Å². The van der Waals surface area contributed by atoms with Crippen molar-refractivity contribution in [1.29, 1.82) is 0 Å². The van der Waals surface area contributed by atoms with Gasteiger partial charge < -0.3 is 24.7 Å². The maximum atomic E-state index is 10.2. The number of hydrogen-bond acceptors (Lipinski definition) is 3. The van der Waals surface area contributed by atoms with Crippen LogP contribution in [0, 0.1) is 0 Å². The average molecular weight is 322 g/mol. The number of ether oxygens (including phenoxy) is 1. The van der Waals surface area contributed by atoms with Gasteiger partial charge in [0.05, 0.1) is 6.61 Å². The van der Waals surface area contributed by atoms with Crippen molar-refractivity contribution in [2.75, 3.05) is 52.5 Å². The van der Waals surface area contributed by atoms with E-state index in [1.165, 1.54) is 9.80 Å². The second kappa shape index (κ2) is 9.67. The Morgan fingerprint density at radius 1 is 1.17 bits per heavy atom. The summed E-state index contributed by atoms with van der Waals surface area (Å²) in [6.45, 7) is 10.1. The lowest BCUT2D eigenvalue weighted by atomic mass is 10.1. The molecule has 1 aliphatic heterocycles. The third-order valence-electron chi connectivity index (χ3n) is 4.42. The molecular formula is C18H30N2O3+2. The standard InChI is InChI=1S/C18H28N2O3/c1-2-5-16-6-3-4-7-18(16)23-15-17(22)14-20-10-8-19(9-11-20)12-13-21/h2-4,6-7,17,21-22H,1,5,8-15H2/p+2. The van der Waals surface area contributed by atoms with Crippen LogP contribution < -0.4 is 14.5 Å². The number of aliphatic hydroxyl groups is 2. The Kier molecular flexibility index (Phi) is 7.55. The second-order valence-corrected chi connectivity index (χ2v) is 6.24. The first kappa shape index (κ1) is 17.9. The van der Waals surface area contributed by atoms with E-state index in [9.17, 15) is 5.11 Å². The van der Waals surface area contributed by atoms with Gasteiger partial charge in [-0.25, -0.2) is 0 Å². The van der Waals surface area contributed by atoms with E-state index in [0.29, 0.717) is 6.61 Å². The normalized spacial score (nSPS) is 22.5. The van der Waals surface area contributed by atoms with Gasteiger partial charge >= 0.3 is 0 Å². The molecule has 1 atom stereocenters. The van der Waals surface area contributed by atoms with Crippen LogP contribution in [0.25, 0.3) is 0 Å². The molecule has 1 aromatic carbocycles. The molecule has 0 bridgehead atoms. The van der Waals surface area contributed by atoms with Crippen molar-refractivity contribution in [3.8, 4) is 5.75 Å². The van der Waals surface area contributed by atoms with Gasteiger partial charge in [0.15, 0.2) is 0 Å². The molecule has 128 valence electrons. The maximum Gasteiger partial charge on any atom is 0.137 e. The summed E-state index contributed by atoms with van der Waals surface area (Å²) >= 11 is 0. The summed E-state index contributed by atoms with van der Waals surface area (Å²) in [5.74, 6) is 0.832. The Hall–Kier alpha value is -1.40. The highest BCUT2D eigenvalue weighted by atomic mass is 16.5. The van der Waals surface area contributed by atoms with Gasteiger partial charge in [-0.05, 0) is 18.1 Å². The topological polar surface area (TPSA) is 58.6 Å². The summed E-state index contributed by atoms with van der Waals surface area (Å²) in [6.07, 6.45) is 2.17. The van der Waals surface area contributed by atoms with Crippen LogP contribution in [0.4, 0.5) is 0 Å². The van der Waals surface area contributed by atoms with Crippen molar-refractivity contribution < 1.29 is 24.7 Å². The molecule has 0 aliphatic carbocycles. The number of piperazine rings is 1. The van der Waals surface area contributed by atoms with Gasteiger partial charge in [0.2, 0.25) is 0 Å². The minimum atomic E-state index is -0.457. The number of nitrogens with one attached hydrogen (secondary N) is 2. The van der Waals surface area contributed by atoms with Crippen molar-refractivity contribution in [3.05, 3.63) is 42.5 Å². The zero-order valence-corrected chi connectivity index (χ0v) is 13.8. The van der Waals surface area contributed by atoms with Gasteiger partial charge in [-0.1, -0.05) is 24.3 Å². The molecule has 2 rings (SSSR count). The Morgan fingerprint density at radius 2 is 1.87 bits per heavy atom. The first-order valence-corrected chi connectivity index (χ1v) is 8.50. The lowest BCUT2D eigenvalue weighted by Gasteiger charge is -2.30. The number of aliphatic hydroxyl groups excluding tert-OH is 2. The number of allylic oxidation sites excluding steroid dienone is 1. The van der Waals surface area contributed by atoms with E-state index in [1.807, 2.05) is 30.3 Å². The van der Waals surface area contributed by atoms with Crippen LogP contribution in [0.3, 0.4) is 0 Å². The third-order valence-corrected chi connectivity index (χ3v) is 4.42. The molecule has 0 aromatic heterocycles. The van der Waals surface area contributed by atoms with E-state index >= 15 is 0 Å². The van der Waals surface area contributed by atoms with Gasteiger partial charge in [0.1, 0.15) is 57.7 Å². The number of rotatable bonds is 9. The largest absolute Gasteiger partial charge is 0.490 e. The van der Waals surface area contributed by atoms with Gasteiger partial charge in [-0.3, -0.25) is 0 Å². The number of para-hydroxylation sites is 1. The summed E-state index contributed by atoms with van der Waals surface area (Å²) in [5.41, 5.74) is 1.10. The van der Waals surface area contributed by atoms with Gasteiger partial charge in [-0.2, -0.15) is 0 Å². The van der Waals surface area contributed by atoms with Gasteiger partial charge in [0, 0.05) is 0 Å². The predicted octanol–water partition coefficient (Wildman–Crippen LogP) is -2.07. The van der Waals surface area contributed by atoms with E-state index in [-0.39, 0.29) is 6.61 Å². The highest BCUT2D eigenvalue weighted by Crippen LogP contribution is 2.18. The van der Waals surface area contributed by atoms with E-state index in [2.05, 4.69) is 6.58 Å². The number of hydrogen-bond donors (Lipinski definition) is 4. The Labute approximate surface area is 138 Å². The maximum absolute atomic E-state index is 10.2. The zero-order valence-electron chi connectivity index (χ0n) is 13.8. The molecule has 1 heterocycles. The SMILES string of the molecule is C=CCc1ccccc1OCC(O)C[NH+]1CC[NH+](CCO)CC1. The van der Waals surface area contributed by atoms with Crippen molar-refractivity contribution in [2.45, 2.75) is 12.5 Å². The van der Waals surface area contributed by atoms with Crippen LogP contribution in [-0.4, -0.2) is 68.8 Å². The Bertz CT molecular complexity index is 473. The van der Waals surface area contributed by atoms with Crippen LogP contribution in [-0.2, 0) is 6.42 Å². The lowest BCUT2D eigenvalue weighted by Crippen LogP contribution is -3.28. The molecule has 1 fully saturated rings. The van der Waals surface area contributed by atoms with Crippen LogP contribution in [0.15, 0.2) is 36.9 Å². The molecule has 1 aromatic rings. The van der Waals surface area contributed by atoms with Crippen LogP contribution >= 0.6 is 0 Å². The fourth-order valence-electron chi connectivity index (χ4n) is 3.12. The number of benzene rings is 1. The molecule has 0 amide bonds. The molecule has 0 saturated carbocycles. The Balaban J connectivity index is 1.73. The van der Waals surface area contributed by atoms with E-state index < -0.39 is 6.10 Å². The average Bonchev–Trinajstić information content (AvgIpc) is 2.56. The third kappa shape index (κ3) is 5.95. The summed E-state index contributed by atoms with van der Waals surface area (Å²) in [7, 11) is 0. The summed E-state index contributed by atoms with van der Waals surface area (Å²) < 4.78 is 5.80. The van der Waals surface area contributed by atoms with Gasteiger partial charge in [0.25, 0.3) is 0 Å². The molecule has 4 N–H and O–H groups in total. The monoisotopic (exact) mass is 322 g/mol. The second-order valence-electron chi connectivity index (χ2n) is 6.24. The van der Waals surface area contributed by atoms with Crippen LogP contribution in [0.1, 0.15) is 5.56 Å². The molecular weight excluding hydrogens is 292 g/mol. The quantitative estimate of drug-likeness (QED) is 0.395.